The number of hydrogen-bond acceptors (Lipinski definition) is 4. The monoisotopic (exact) mass is 297 g/mol. The van der Waals surface area contributed by atoms with E-state index in [0.29, 0.717) is 18.2 Å². The van der Waals surface area contributed by atoms with Crippen LogP contribution in [0.25, 0.3) is 11.4 Å². The highest BCUT2D eigenvalue weighted by Crippen LogP contribution is 2.18. The van der Waals surface area contributed by atoms with Crippen LogP contribution in [0, 0.1) is 6.92 Å². The Kier molecular flexibility index (Phi) is 5.25. The van der Waals surface area contributed by atoms with Crippen molar-refractivity contribution in [1.82, 2.24) is 15.3 Å². The molecule has 1 heterocycles. The molecule has 0 aliphatic carbocycles. The quantitative estimate of drug-likeness (QED) is 0.832. The second-order valence-electron chi connectivity index (χ2n) is 5.06. The van der Waals surface area contributed by atoms with Gasteiger partial charge >= 0.3 is 0 Å². The van der Waals surface area contributed by atoms with Crippen molar-refractivity contribution in [3.8, 4) is 17.3 Å². The van der Waals surface area contributed by atoms with Crippen LogP contribution in [0.1, 0.15) is 12.6 Å². The van der Waals surface area contributed by atoms with Gasteiger partial charge in [0.05, 0.1) is 0 Å². The fourth-order valence-electron chi connectivity index (χ4n) is 1.77. The van der Waals surface area contributed by atoms with E-state index in [-0.39, 0.29) is 12.5 Å². The Bertz CT molecular complexity index is 669. The maximum atomic E-state index is 11.6. The van der Waals surface area contributed by atoms with Gasteiger partial charge in [0, 0.05) is 23.9 Å². The molecule has 0 radical (unpaired) electrons. The molecule has 2 rings (SSSR count). The molecule has 1 aromatic heterocycles. The van der Waals surface area contributed by atoms with Crippen LogP contribution in [-0.4, -0.2) is 29.0 Å². The fraction of sp³-hybridized carbons (Fsp3) is 0.235. The Hall–Kier alpha value is -2.69. The molecular weight excluding hydrogens is 278 g/mol. The van der Waals surface area contributed by atoms with Gasteiger partial charge < -0.3 is 10.1 Å². The van der Waals surface area contributed by atoms with E-state index in [1.807, 2.05) is 44.2 Å². The van der Waals surface area contributed by atoms with Crippen molar-refractivity contribution in [2.75, 3.05) is 13.2 Å². The minimum atomic E-state index is -0.208. The molecule has 1 amide bonds. The number of carbonyl (C=O) groups excluding carboxylic acids is 1. The number of nitrogens with one attached hydrogen (secondary N) is 1. The van der Waals surface area contributed by atoms with Crippen LogP contribution in [-0.2, 0) is 4.79 Å². The number of aryl methyl sites for hydroxylation is 1. The Labute approximate surface area is 130 Å². The van der Waals surface area contributed by atoms with Gasteiger partial charge in [-0.2, -0.15) is 4.98 Å². The maximum absolute atomic E-state index is 11.6. The molecule has 0 unspecified atom stereocenters. The van der Waals surface area contributed by atoms with E-state index >= 15 is 0 Å². The largest absolute Gasteiger partial charge is 0.467 e. The number of amides is 1. The van der Waals surface area contributed by atoms with Gasteiger partial charge in [-0.25, -0.2) is 4.98 Å². The van der Waals surface area contributed by atoms with E-state index in [9.17, 15) is 4.79 Å². The predicted octanol–water partition coefficient (Wildman–Crippen LogP) is 2.52. The number of hydrogen-bond donors (Lipinski definition) is 1. The Morgan fingerprint density at radius 1 is 1.27 bits per heavy atom. The normalized spacial score (nSPS) is 10.1. The lowest BCUT2D eigenvalue weighted by Gasteiger charge is -2.09. The van der Waals surface area contributed by atoms with E-state index in [4.69, 9.17) is 4.74 Å². The summed E-state index contributed by atoms with van der Waals surface area (Å²) in [6.07, 6.45) is 0. The van der Waals surface area contributed by atoms with E-state index in [1.54, 1.807) is 6.07 Å². The van der Waals surface area contributed by atoms with Gasteiger partial charge in [-0.05, 0) is 13.8 Å². The van der Waals surface area contributed by atoms with Gasteiger partial charge in [-0.1, -0.05) is 42.5 Å². The standard InChI is InChI=1S/C17H19N3O2/c1-12(2)10-18-15(21)11-22-16-9-13(3)19-17(20-16)14-7-5-4-6-8-14/h4-9H,1,10-11H2,2-3H3,(H,18,21). The lowest BCUT2D eigenvalue weighted by Crippen LogP contribution is -2.30. The SMILES string of the molecule is C=C(C)CNC(=O)COc1cc(C)nc(-c2ccccc2)n1. The van der Waals surface area contributed by atoms with Crippen LogP contribution in [0.15, 0.2) is 48.6 Å². The molecule has 0 atom stereocenters. The van der Waals surface area contributed by atoms with Gasteiger partial charge in [0.15, 0.2) is 12.4 Å². The molecule has 22 heavy (non-hydrogen) atoms. The second kappa shape index (κ2) is 7.36. The molecule has 1 N–H and O–H groups in total. The lowest BCUT2D eigenvalue weighted by molar-refractivity contribution is -0.123. The maximum Gasteiger partial charge on any atom is 0.258 e. The van der Waals surface area contributed by atoms with Crippen LogP contribution in [0.3, 0.4) is 0 Å². The summed E-state index contributed by atoms with van der Waals surface area (Å²) in [5.74, 6) is 0.760. The summed E-state index contributed by atoms with van der Waals surface area (Å²) in [5, 5.41) is 2.71. The predicted molar refractivity (Wildman–Crippen MR) is 85.5 cm³/mol. The molecule has 5 heteroatoms. The van der Waals surface area contributed by atoms with E-state index in [2.05, 4.69) is 21.9 Å². The molecule has 0 saturated heterocycles. The van der Waals surface area contributed by atoms with Crippen LogP contribution in [0.5, 0.6) is 5.88 Å². The number of nitrogens with zero attached hydrogens (tertiary/aromatic N) is 2. The second-order valence-corrected chi connectivity index (χ2v) is 5.06. The van der Waals surface area contributed by atoms with E-state index in [0.717, 1.165) is 16.8 Å². The third-order valence-corrected chi connectivity index (χ3v) is 2.80. The number of benzene rings is 1. The van der Waals surface area contributed by atoms with Crippen molar-refractivity contribution in [3.05, 3.63) is 54.2 Å². The molecule has 114 valence electrons. The van der Waals surface area contributed by atoms with Crippen LogP contribution in [0.2, 0.25) is 0 Å². The molecule has 0 bridgehead atoms. The first-order valence-electron chi connectivity index (χ1n) is 6.99. The zero-order chi connectivity index (χ0) is 15.9. The number of carbonyl (C=O) groups is 1. The Morgan fingerprint density at radius 3 is 2.68 bits per heavy atom. The molecule has 5 nitrogen and oxygen atoms in total. The summed E-state index contributed by atoms with van der Waals surface area (Å²) in [6, 6.07) is 11.3. The topological polar surface area (TPSA) is 64.1 Å². The van der Waals surface area contributed by atoms with Crippen molar-refractivity contribution in [3.63, 3.8) is 0 Å². The third kappa shape index (κ3) is 4.70. The molecular formula is C17H19N3O2. The van der Waals surface area contributed by atoms with Gasteiger partial charge in [0.1, 0.15) is 0 Å². The van der Waals surface area contributed by atoms with Crippen LogP contribution < -0.4 is 10.1 Å². The van der Waals surface area contributed by atoms with Gasteiger partial charge in [0.25, 0.3) is 5.91 Å². The number of rotatable bonds is 6. The molecule has 0 fully saturated rings. The minimum Gasteiger partial charge on any atom is -0.467 e. The summed E-state index contributed by atoms with van der Waals surface area (Å²) in [6.45, 7) is 7.80. The highest BCUT2D eigenvalue weighted by Gasteiger charge is 2.07. The molecule has 1 aromatic carbocycles. The van der Waals surface area contributed by atoms with Crippen molar-refractivity contribution in [1.29, 1.82) is 0 Å². The molecule has 0 spiro atoms. The first-order valence-corrected chi connectivity index (χ1v) is 6.99. The minimum absolute atomic E-state index is 0.0854. The molecule has 2 aromatic rings. The third-order valence-electron chi connectivity index (χ3n) is 2.80. The first-order chi connectivity index (χ1) is 10.5. The zero-order valence-corrected chi connectivity index (χ0v) is 12.8. The lowest BCUT2D eigenvalue weighted by atomic mass is 10.2. The molecule has 0 aliphatic heterocycles. The Balaban J connectivity index is 2.04. The zero-order valence-electron chi connectivity index (χ0n) is 12.8. The smallest absolute Gasteiger partial charge is 0.258 e. The average molecular weight is 297 g/mol. The number of aromatic nitrogens is 2. The molecule has 0 saturated carbocycles. The highest BCUT2D eigenvalue weighted by molar-refractivity contribution is 5.77. The summed E-state index contributed by atoms with van der Waals surface area (Å²) in [7, 11) is 0. The van der Waals surface area contributed by atoms with E-state index in [1.165, 1.54) is 0 Å². The van der Waals surface area contributed by atoms with Gasteiger partial charge in [-0.3, -0.25) is 4.79 Å². The number of ether oxygens (including phenoxy) is 1. The summed E-state index contributed by atoms with van der Waals surface area (Å²) in [5.41, 5.74) is 2.58. The Morgan fingerprint density at radius 2 is 2.00 bits per heavy atom. The van der Waals surface area contributed by atoms with Gasteiger partial charge in [0.2, 0.25) is 5.88 Å². The average Bonchev–Trinajstić information content (AvgIpc) is 2.51. The van der Waals surface area contributed by atoms with Crippen molar-refractivity contribution in [2.45, 2.75) is 13.8 Å². The van der Waals surface area contributed by atoms with E-state index < -0.39 is 0 Å². The molecule has 0 aliphatic rings. The van der Waals surface area contributed by atoms with Crippen molar-refractivity contribution >= 4 is 5.91 Å². The van der Waals surface area contributed by atoms with Crippen molar-refractivity contribution < 1.29 is 9.53 Å². The van der Waals surface area contributed by atoms with Gasteiger partial charge in [-0.15, -0.1) is 0 Å². The summed E-state index contributed by atoms with van der Waals surface area (Å²) >= 11 is 0. The highest BCUT2D eigenvalue weighted by atomic mass is 16.5. The van der Waals surface area contributed by atoms with Crippen LogP contribution in [0.4, 0.5) is 0 Å². The first kappa shape index (κ1) is 15.7. The fourth-order valence-corrected chi connectivity index (χ4v) is 1.77. The van der Waals surface area contributed by atoms with Crippen molar-refractivity contribution in [2.24, 2.45) is 0 Å². The van der Waals surface area contributed by atoms with Crippen LogP contribution >= 0.6 is 0 Å². The summed E-state index contributed by atoms with van der Waals surface area (Å²) < 4.78 is 5.45. The summed E-state index contributed by atoms with van der Waals surface area (Å²) in [4.78, 5) is 20.4.